The number of nitrogens with zero attached hydrogens (tertiary/aromatic N) is 2. The number of para-hydroxylation sites is 1. The average Bonchev–Trinajstić information content (AvgIpc) is 2.26. The van der Waals surface area contributed by atoms with Crippen LogP contribution in [0.25, 0.3) is 11.0 Å². The molecule has 4 heteroatoms. The van der Waals surface area contributed by atoms with Crippen LogP contribution in [-0.4, -0.2) is 16.5 Å². The van der Waals surface area contributed by atoms with E-state index in [1.165, 1.54) is 0 Å². The molecule has 0 radical (unpaired) electrons. The van der Waals surface area contributed by atoms with E-state index in [0.717, 1.165) is 34.3 Å². The largest absolute Gasteiger partial charge is 0.369 e. The number of anilines is 1. The van der Waals surface area contributed by atoms with E-state index in [2.05, 4.69) is 38.1 Å². The quantitative estimate of drug-likeness (QED) is 0.926. The summed E-state index contributed by atoms with van der Waals surface area (Å²) >= 11 is 3.45. The smallest absolute Gasteiger partial charge is 0.145 e. The lowest BCUT2D eigenvalue weighted by Crippen LogP contribution is -2.02. The van der Waals surface area contributed by atoms with Gasteiger partial charge in [0.1, 0.15) is 11.3 Å². The molecule has 0 saturated carbocycles. The minimum Gasteiger partial charge on any atom is -0.369 e. The summed E-state index contributed by atoms with van der Waals surface area (Å²) in [5.74, 6) is 0.836. The van der Waals surface area contributed by atoms with Gasteiger partial charge in [-0.1, -0.05) is 13.0 Å². The number of halogens is 1. The Morgan fingerprint density at radius 3 is 3.07 bits per heavy atom. The number of nitrogens with one attached hydrogen (secondary N) is 1. The standard InChI is InChI=1S/C11H12BrN3/c1-2-6-13-10-7-14-11-8(12)4-3-5-9(11)15-10/h3-5,7H,2,6H2,1H3,(H,13,15). The predicted octanol–water partition coefficient (Wildman–Crippen LogP) is 3.21. The Kier molecular flexibility index (Phi) is 3.16. The van der Waals surface area contributed by atoms with Crippen LogP contribution < -0.4 is 5.32 Å². The first kappa shape index (κ1) is 10.4. The highest BCUT2D eigenvalue weighted by Gasteiger charge is 2.01. The molecule has 2 aromatic rings. The second kappa shape index (κ2) is 4.57. The van der Waals surface area contributed by atoms with Crippen LogP contribution in [0, 0.1) is 0 Å². The molecule has 3 nitrogen and oxygen atoms in total. The van der Waals surface area contributed by atoms with Crippen LogP contribution >= 0.6 is 15.9 Å². The highest BCUT2D eigenvalue weighted by molar-refractivity contribution is 9.10. The summed E-state index contributed by atoms with van der Waals surface area (Å²) in [5.41, 5.74) is 1.81. The minimum atomic E-state index is 0.836. The highest BCUT2D eigenvalue weighted by Crippen LogP contribution is 2.21. The molecule has 1 heterocycles. The SMILES string of the molecule is CCCNc1cnc2c(Br)cccc2n1. The molecule has 15 heavy (non-hydrogen) atoms. The summed E-state index contributed by atoms with van der Waals surface area (Å²) in [4.78, 5) is 8.83. The highest BCUT2D eigenvalue weighted by atomic mass is 79.9. The van der Waals surface area contributed by atoms with Crippen molar-refractivity contribution in [2.45, 2.75) is 13.3 Å². The van der Waals surface area contributed by atoms with Crippen molar-refractivity contribution in [1.29, 1.82) is 0 Å². The molecule has 0 aliphatic carbocycles. The molecule has 2 rings (SSSR count). The summed E-state index contributed by atoms with van der Waals surface area (Å²) in [5, 5.41) is 3.22. The number of hydrogen-bond acceptors (Lipinski definition) is 3. The van der Waals surface area contributed by atoms with Gasteiger partial charge in [0, 0.05) is 11.0 Å². The number of fused-ring (bicyclic) bond motifs is 1. The fraction of sp³-hybridized carbons (Fsp3) is 0.273. The van der Waals surface area contributed by atoms with E-state index in [1.807, 2.05) is 18.2 Å². The van der Waals surface area contributed by atoms with E-state index < -0.39 is 0 Å². The molecule has 1 aromatic carbocycles. The molecule has 0 saturated heterocycles. The van der Waals surface area contributed by atoms with Crippen LogP contribution in [0.2, 0.25) is 0 Å². The molecule has 1 aromatic heterocycles. The van der Waals surface area contributed by atoms with Crippen LogP contribution in [0.5, 0.6) is 0 Å². The maximum atomic E-state index is 4.47. The lowest BCUT2D eigenvalue weighted by atomic mass is 10.3. The Balaban J connectivity index is 2.39. The van der Waals surface area contributed by atoms with E-state index in [9.17, 15) is 0 Å². The fourth-order valence-corrected chi connectivity index (χ4v) is 1.80. The molecule has 0 spiro atoms. The average molecular weight is 266 g/mol. The molecular weight excluding hydrogens is 254 g/mol. The van der Waals surface area contributed by atoms with Crippen LogP contribution in [0.4, 0.5) is 5.82 Å². The first-order valence-corrected chi connectivity index (χ1v) is 5.75. The lowest BCUT2D eigenvalue weighted by Gasteiger charge is -2.04. The third-order valence-electron chi connectivity index (χ3n) is 2.08. The molecule has 0 aliphatic heterocycles. The summed E-state index contributed by atoms with van der Waals surface area (Å²) in [6, 6.07) is 5.89. The second-order valence-corrected chi connectivity index (χ2v) is 4.14. The van der Waals surface area contributed by atoms with Crippen molar-refractivity contribution in [3.8, 4) is 0 Å². The van der Waals surface area contributed by atoms with Gasteiger partial charge in [0.05, 0.1) is 11.7 Å². The Morgan fingerprint density at radius 1 is 1.40 bits per heavy atom. The van der Waals surface area contributed by atoms with Gasteiger partial charge in [0.15, 0.2) is 0 Å². The summed E-state index contributed by atoms with van der Waals surface area (Å²) in [6.07, 6.45) is 2.85. The van der Waals surface area contributed by atoms with Gasteiger partial charge in [-0.3, -0.25) is 0 Å². The Morgan fingerprint density at radius 2 is 2.27 bits per heavy atom. The van der Waals surface area contributed by atoms with Crippen molar-refractivity contribution < 1.29 is 0 Å². The van der Waals surface area contributed by atoms with Crippen molar-refractivity contribution in [3.05, 3.63) is 28.9 Å². The second-order valence-electron chi connectivity index (χ2n) is 3.29. The van der Waals surface area contributed by atoms with E-state index >= 15 is 0 Å². The molecule has 0 atom stereocenters. The molecule has 78 valence electrons. The van der Waals surface area contributed by atoms with Gasteiger partial charge in [0.2, 0.25) is 0 Å². The lowest BCUT2D eigenvalue weighted by molar-refractivity contribution is 0.969. The first-order chi connectivity index (χ1) is 7.31. The maximum Gasteiger partial charge on any atom is 0.145 e. The Labute approximate surface area is 97.1 Å². The topological polar surface area (TPSA) is 37.8 Å². The maximum absolute atomic E-state index is 4.47. The fourth-order valence-electron chi connectivity index (χ4n) is 1.34. The minimum absolute atomic E-state index is 0.836. The van der Waals surface area contributed by atoms with Crippen LogP contribution in [0.15, 0.2) is 28.9 Å². The Hall–Kier alpha value is -1.16. The summed E-state index contributed by atoms with van der Waals surface area (Å²) in [7, 11) is 0. The van der Waals surface area contributed by atoms with E-state index in [4.69, 9.17) is 0 Å². The van der Waals surface area contributed by atoms with E-state index in [0.29, 0.717) is 0 Å². The third kappa shape index (κ3) is 2.26. The van der Waals surface area contributed by atoms with Crippen molar-refractivity contribution in [1.82, 2.24) is 9.97 Å². The van der Waals surface area contributed by atoms with Crippen LogP contribution in [-0.2, 0) is 0 Å². The van der Waals surface area contributed by atoms with Gasteiger partial charge in [-0.2, -0.15) is 0 Å². The van der Waals surface area contributed by atoms with Gasteiger partial charge < -0.3 is 5.32 Å². The van der Waals surface area contributed by atoms with Gasteiger partial charge >= 0.3 is 0 Å². The van der Waals surface area contributed by atoms with Gasteiger partial charge in [-0.05, 0) is 34.5 Å². The van der Waals surface area contributed by atoms with Gasteiger partial charge in [-0.25, -0.2) is 9.97 Å². The molecule has 1 N–H and O–H groups in total. The molecule has 0 fully saturated rings. The first-order valence-electron chi connectivity index (χ1n) is 4.96. The zero-order chi connectivity index (χ0) is 10.7. The zero-order valence-corrected chi connectivity index (χ0v) is 10.1. The summed E-state index contributed by atoms with van der Waals surface area (Å²) < 4.78 is 0.981. The molecule has 0 unspecified atom stereocenters. The molecule has 0 aliphatic rings. The van der Waals surface area contributed by atoms with E-state index in [-0.39, 0.29) is 0 Å². The zero-order valence-electron chi connectivity index (χ0n) is 8.50. The number of hydrogen-bond donors (Lipinski definition) is 1. The third-order valence-corrected chi connectivity index (χ3v) is 2.72. The van der Waals surface area contributed by atoms with Crippen molar-refractivity contribution in [2.75, 3.05) is 11.9 Å². The number of aromatic nitrogens is 2. The van der Waals surface area contributed by atoms with Gasteiger partial charge in [0.25, 0.3) is 0 Å². The predicted molar refractivity (Wildman–Crippen MR) is 66.0 cm³/mol. The summed E-state index contributed by atoms with van der Waals surface area (Å²) in [6.45, 7) is 3.05. The van der Waals surface area contributed by atoms with Crippen LogP contribution in [0.1, 0.15) is 13.3 Å². The van der Waals surface area contributed by atoms with Crippen molar-refractivity contribution >= 4 is 32.8 Å². The number of rotatable bonds is 3. The Bertz CT molecular complexity index is 470. The van der Waals surface area contributed by atoms with Crippen molar-refractivity contribution in [3.63, 3.8) is 0 Å². The monoisotopic (exact) mass is 265 g/mol. The molecule has 0 bridgehead atoms. The van der Waals surface area contributed by atoms with E-state index in [1.54, 1.807) is 6.20 Å². The molecular formula is C11H12BrN3. The number of benzene rings is 1. The normalized spacial score (nSPS) is 10.5. The van der Waals surface area contributed by atoms with Gasteiger partial charge in [-0.15, -0.1) is 0 Å². The molecule has 0 amide bonds. The van der Waals surface area contributed by atoms with Crippen molar-refractivity contribution in [2.24, 2.45) is 0 Å². The van der Waals surface area contributed by atoms with Crippen LogP contribution in [0.3, 0.4) is 0 Å².